The van der Waals surface area contributed by atoms with Gasteiger partial charge in [0.2, 0.25) is 0 Å². The molecule has 0 spiro atoms. The summed E-state index contributed by atoms with van der Waals surface area (Å²) in [6, 6.07) is 82.9. The monoisotopic (exact) mass is 834 g/mol. The SMILES string of the molecule is C1=CC(c2ccc([Si](c3ccccc3)(c3ccccc3)c3ccc(-n4c5ccccc5c5c6c(ccc54)oc4ccccc46)cc3)cc2)Cc2c1n(-c1ccccc1)c1ccccc21. The molecule has 0 saturated heterocycles. The molecule has 1 unspecified atom stereocenters. The van der Waals surface area contributed by atoms with Gasteiger partial charge in [-0.05, 0) is 99.0 Å². The smallest absolute Gasteiger partial charge is 0.179 e. The highest BCUT2D eigenvalue weighted by Crippen LogP contribution is 2.42. The standard InChI is InChI=1S/C60H42N2OSi/c1-4-16-43(17-5-1)61-53-25-13-10-22-49(53)52-40-42(30-37-55(52)61)41-28-33-47(34-29-41)64(45-18-6-2-7-19-45,46-20-8-3-9-21-46)48-35-31-44(32-36-48)62-54-26-14-11-23-50(54)59-56(62)38-39-58-60(59)51-24-12-15-27-57(51)63-58/h1-39,42H,40H2. The number of rotatable bonds is 7. The van der Waals surface area contributed by atoms with Crippen LogP contribution in [-0.2, 0) is 6.42 Å². The van der Waals surface area contributed by atoms with E-state index in [1.165, 1.54) is 81.4 Å². The van der Waals surface area contributed by atoms with Crippen molar-refractivity contribution in [2.75, 3.05) is 0 Å². The first-order valence-electron chi connectivity index (χ1n) is 22.3. The highest BCUT2D eigenvalue weighted by atomic mass is 28.3. The average Bonchev–Trinajstić information content (AvgIpc) is 4.03. The third-order valence-electron chi connectivity index (χ3n) is 13.9. The zero-order valence-electron chi connectivity index (χ0n) is 35.1. The molecule has 1 aliphatic rings. The van der Waals surface area contributed by atoms with Gasteiger partial charge in [-0.25, -0.2) is 0 Å². The molecule has 64 heavy (non-hydrogen) atoms. The second-order valence-corrected chi connectivity index (χ2v) is 21.0. The highest BCUT2D eigenvalue weighted by Gasteiger charge is 2.41. The van der Waals surface area contributed by atoms with E-state index in [9.17, 15) is 0 Å². The summed E-state index contributed by atoms with van der Waals surface area (Å²) in [6.45, 7) is 0. The van der Waals surface area contributed by atoms with E-state index in [2.05, 4.69) is 240 Å². The van der Waals surface area contributed by atoms with Crippen molar-refractivity contribution >= 4 is 89.5 Å². The van der Waals surface area contributed by atoms with Gasteiger partial charge >= 0.3 is 0 Å². The summed E-state index contributed by atoms with van der Waals surface area (Å²) < 4.78 is 11.2. The molecule has 0 saturated carbocycles. The molecule has 0 N–H and O–H groups in total. The second kappa shape index (κ2) is 14.6. The molecule has 4 heteroatoms. The fraction of sp³-hybridized carbons (Fsp3) is 0.0333. The lowest BCUT2D eigenvalue weighted by molar-refractivity contribution is 0.669. The summed E-state index contributed by atoms with van der Waals surface area (Å²) >= 11 is 0. The molecule has 0 amide bonds. The molecule has 302 valence electrons. The van der Waals surface area contributed by atoms with Crippen LogP contribution in [0.3, 0.4) is 0 Å². The topological polar surface area (TPSA) is 23.0 Å². The Hall–Kier alpha value is -7.92. The Morgan fingerprint density at radius 3 is 1.61 bits per heavy atom. The molecule has 13 rings (SSSR count). The van der Waals surface area contributed by atoms with Crippen LogP contribution in [0, 0.1) is 0 Å². The molecule has 3 heterocycles. The quantitative estimate of drug-likeness (QED) is 0.116. The van der Waals surface area contributed by atoms with Crippen molar-refractivity contribution in [3.63, 3.8) is 0 Å². The van der Waals surface area contributed by atoms with Crippen molar-refractivity contribution in [3.8, 4) is 11.4 Å². The van der Waals surface area contributed by atoms with E-state index in [4.69, 9.17) is 4.42 Å². The van der Waals surface area contributed by atoms with E-state index in [0.717, 1.165) is 28.7 Å². The molecular formula is C60H42N2OSi. The summed E-state index contributed by atoms with van der Waals surface area (Å²) in [6.07, 6.45) is 5.73. The van der Waals surface area contributed by atoms with Gasteiger partial charge in [-0.15, -0.1) is 0 Å². The van der Waals surface area contributed by atoms with Crippen molar-refractivity contribution in [1.82, 2.24) is 9.13 Å². The van der Waals surface area contributed by atoms with Gasteiger partial charge in [0.05, 0.1) is 16.6 Å². The van der Waals surface area contributed by atoms with E-state index >= 15 is 0 Å². The van der Waals surface area contributed by atoms with Crippen LogP contribution in [0.2, 0.25) is 0 Å². The van der Waals surface area contributed by atoms with Gasteiger partial charge in [-0.3, -0.25) is 0 Å². The number of nitrogens with zero attached hydrogens (tertiary/aromatic N) is 2. The van der Waals surface area contributed by atoms with Crippen molar-refractivity contribution < 1.29 is 4.42 Å². The third-order valence-corrected chi connectivity index (χ3v) is 18.7. The van der Waals surface area contributed by atoms with Crippen LogP contribution in [0.4, 0.5) is 0 Å². The molecule has 0 fully saturated rings. The minimum atomic E-state index is -2.82. The largest absolute Gasteiger partial charge is 0.456 e. The van der Waals surface area contributed by atoms with E-state index in [1.54, 1.807) is 0 Å². The van der Waals surface area contributed by atoms with Crippen molar-refractivity contribution in [2.24, 2.45) is 0 Å². The van der Waals surface area contributed by atoms with Gasteiger partial charge in [-0.1, -0.05) is 176 Å². The summed E-state index contributed by atoms with van der Waals surface area (Å²) in [7, 11) is -2.82. The maximum absolute atomic E-state index is 6.38. The molecule has 9 aromatic carbocycles. The lowest BCUT2D eigenvalue weighted by Gasteiger charge is -2.35. The van der Waals surface area contributed by atoms with Gasteiger partial charge in [0.1, 0.15) is 11.2 Å². The normalized spacial score (nSPS) is 14.0. The third kappa shape index (κ3) is 5.46. The molecule has 0 bridgehead atoms. The van der Waals surface area contributed by atoms with E-state index in [1.807, 2.05) is 6.07 Å². The predicted molar refractivity (Wildman–Crippen MR) is 270 cm³/mol. The lowest BCUT2D eigenvalue weighted by atomic mass is 9.87. The minimum absolute atomic E-state index is 0.271. The van der Waals surface area contributed by atoms with Crippen molar-refractivity contribution in [2.45, 2.75) is 12.3 Å². The number of aromatic nitrogens is 2. The summed E-state index contributed by atoms with van der Waals surface area (Å²) in [5.41, 5.74) is 11.8. The first-order valence-corrected chi connectivity index (χ1v) is 24.3. The average molecular weight is 835 g/mol. The minimum Gasteiger partial charge on any atom is -0.456 e. The maximum Gasteiger partial charge on any atom is 0.179 e. The molecule has 12 aromatic rings. The second-order valence-electron chi connectivity index (χ2n) is 17.2. The Labute approximate surface area is 372 Å². The fourth-order valence-electron chi connectivity index (χ4n) is 11.1. The summed E-state index contributed by atoms with van der Waals surface area (Å²) in [5.74, 6) is 0.271. The Balaban J connectivity index is 0.944. The molecule has 0 aliphatic heterocycles. The lowest BCUT2D eigenvalue weighted by Crippen LogP contribution is -2.74. The van der Waals surface area contributed by atoms with Gasteiger partial charge in [0, 0.05) is 49.9 Å². The number of furan rings is 1. The number of hydrogen-bond donors (Lipinski definition) is 0. The van der Waals surface area contributed by atoms with E-state index in [0.29, 0.717) is 0 Å². The van der Waals surface area contributed by atoms with Gasteiger partial charge < -0.3 is 13.6 Å². The molecule has 3 nitrogen and oxygen atoms in total. The van der Waals surface area contributed by atoms with Gasteiger partial charge in [0.25, 0.3) is 0 Å². The Kier molecular flexibility index (Phi) is 8.37. The zero-order chi connectivity index (χ0) is 42.2. The molecular weight excluding hydrogens is 793 g/mol. The predicted octanol–water partition coefficient (Wildman–Crippen LogP) is 12.4. The number of fused-ring (bicyclic) bond motifs is 10. The van der Waals surface area contributed by atoms with Crippen LogP contribution in [0.15, 0.2) is 235 Å². The van der Waals surface area contributed by atoms with Crippen LogP contribution in [0.1, 0.15) is 22.7 Å². The van der Waals surface area contributed by atoms with Gasteiger partial charge in [0.15, 0.2) is 8.07 Å². The van der Waals surface area contributed by atoms with Crippen molar-refractivity contribution in [1.29, 1.82) is 0 Å². The van der Waals surface area contributed by atoms with Gasteiger partial charge in [-0.2, -0.15) is 0 Å². The Morgan fingerprint density at radius 1 is 0.391 bits per heavy atom. The summed E-state index contributed by atoms with van der Waals surface area (Å²) in [5, 5.41) is 11.6. The maximum atomic E-state index is 6.38. The van der Waals surface area contributed by atoms with Crippen LogP contribution in [0.5, 0.6) is 0 Å². The number of hydrogen-bond acceptors (Lipinski definition) is 1. The van der Waals surface area contributed by atoms with E-state index in [-0.39, 0.29) is 5.92 Å². The first-order chi connectivity index (χ1) is 31.8. The number of benzene rings is 9. The van der Waals surface area contributed by atoms with Crippen LogP contribution < -0.4 is 20.7 Å². The zero-order valence-corrected chi connectivity index (χ0v) is 36.1. The van der Waals surface area contributed by atoms with Crippen LogP contribution >= 0.6 is 0 Å². The highest BCUT2D eigenvalue weighted by molar-refractivity contribution is 7.19. The fourth-order valence-corrected chi connectivity index (χ4v) is 15.8. The van der Waals surface area contributed by atoms with Crippen LogP contribution in [-0.4, -0.2) is 17.2 Å². The Morgan fingerprint density at radius 2 is 0.922 bits per heavy atom. The molecule has 1 aliphatic carbocycles. The van der Waals surface area contributed by atoms with E-state index < -0.39 is 8.07 Å². The molecule has 0 radical (unpaired) electrons. The molecule has 1 atom stereocenters. The summed E-state index contributed by atoms with van der Waals surface area (Å²) in [4.78, 5) is 0. The number of allylic oxidation sites excluding steroid dienone is 1. The number of para-hydroxylation sites is 4. The van der Waals surface area contributed by atoms with Crippen LogP contribution in [0.25, 0.3) is 72.1 Å². The molecule has 3 aromatic heterocycles. The Bertz CT molecular complexity index is 3690. The van der Waals surface area contributed by atoms with Crippen molar-refractivity contribution in [3.05, 3.63) is 247 Å². The first kappa shape index (κ1) is 36.7.